The van der Waals surface area contributed by atoms with Gasteiger partial charge in [0.25, 0.3) is 5.56 Å². The molecule has 94 valence electrons. The lowest BCUT2D eigenvalue weighted by Gasteiger charge is -2.08. The summed E-state index contributed by atoms with van der Waals surface area (Å²) in [6, 6.07) is 7.46. The van der Waals surface area contributed by atoms with E-state index in [0.29, 0.717) is 11.0 Å². The lowest BCUT2D eigenvalue weighted by atomic mass is 10.2. The topological polar surface area (TPSA) is 46.9 Å². The molecule has 0 atom stereocenters. The Morgan fingerprint density at radius 3 is 3.06 bits per heavy atom. The minimum Gasteiger partial charge on any atom is -0.370 e. The molecule has 2 aromatic heterocycles. The quantitative estimate of drug-likeness (QED) is 0.944. The van der Waals surface area contributed by atoms with Crippen molar-refractivity contribution in [1.82, 2.24) is 9.55 Å². The molecule has 18 heavy (non-hydrogen) atoms. The van der Waals surface area contributed by atoms with Gasteiger partial charge >= 0.3 is 0 Å². The zero-order valence-corrected chi connectivity index (χ0v) is 11.6. The van der Waals surface area contributed by atoms with Crippen LogP contribution in [-0.2, 0) is 6.54 Å². The molecule has 0 unspecified atom stereocenters. The summed E-state index contributed by atoms with van der Waals surface area (Å²) in [5, 5.41) is 3.15. The van der Waals surface area contributed by atoms with E-state index in [4.69, 9.17) is 0 Å². The molecule has 2 aromatic rings. The van der Waals surface area contributed by atoms with Gasteiger partial charge in [0.2, 0.25) is 0 Å². The van der Waals surface area contributed by atoms with Crippen LogP contribution in [0.15, 0.2) is 45.9 Å². The molecule has 0 aromatic carbocycles. The van der Waals surface area contributed by atoms with Gasteiger partial charge in [-0.15, -0.1) is 0 Å². The second-order valence-electron chi connectivity index (χ2n) is 3.87. The molecule has 0 fully saturated rings. The van der Waals surface area contributed by atoms with Crippen LogP contribution in [0.4, 0.5) is 5.82 Å². The molecule has 4 nitrogen and oxygen atoms in total. The highest BCUT2D eigenvalue weighted by molar-refractivity contribution is 9.10. The van der Waals surface area contributed by atoms with Crippen LogP contribution >= 0.6 is 15.9 Å². The van der Waals surface area contributed by atoms with Crippen molar-refractivity contribution in [2.24, 2.45) is 0 Å². The van der Waals surface area contributed by atoms with Crippen LogP contribution in [0.2, 0.25) is 0 Å². The van der Waals surface area contributed by atoms with E-state index >= 15 is 0 Å². The molecule has 0 amide bonds. The zero-order chi connectivity index (χ0) is 13.0. The first-order valence-corrected chi connectivity index (χ1v) is 6.53. The maximum Gasteiger partial charge on any atom is 0.265 e. The van der Waals surface area contributed by atoms with Gasteiger partial charge in [0, 0.05) is 18.9 Å². The van der Waals surface area contributed by atoms with Gasteiger partial charge in [-0.3, -0.25) is 4.79 Å². The van der Waals surface area contributed by atoms with Crippen molar-refractivity contribution in [1.29, 1.82) is 0 Å². The minimum atomic E-state index is -0.0284. The maximum atomic E-state index is 11.9. The van der Waals surface area contributed by atoms with E-state index in [1.807, 2.05) is 25.1 Å². The Balaban J connectivity index is 2.26. The van der Waals surface area contributed by atoms with E-state index in [9.17, 15) is 4.79 Å². The van der Waals surface area contributed by atoms with Crippen LogP contribution in [-0.4, -0.2) is 16.1 Å². The van der Waals surface area contributed by atoms with Gasteiger partial charge < -0.3 is 9.88 Å². The van der Waals surface area contributed by atoms with Crippen molar-refractivity contribution >= 4 is 21.7 Å². The van der Waals surface area contributed by atoms with Crippen molar-refractivity contribution in [3.8, 4) is 0 Å². The monoisotopic (exact) mass is 307 g/mol. The van der Waals surface area contributed by atoms with Gasteiger partial charge in [0.15, 0.2) is 0 Å². The molecule has 0 aliphatic rings. The van der Waals surface area contributed by atoms with E-state index in [1.54, 1.807) is 23.0 Å². The second-order valence-corrected chi connectivity index (χ2v) is 4.72. The molecule has 0 bridgehead atoms. The van der Waals surface area contributed by atoms with Gasteiger partial charge in [-0.05, 0) is 52.7 Å². The molecule has 2 heterocycles. The van der Waals surface area contributed by atoms with Crippen LogP contribution in [0.3, 0.4) is 0 Å². The van der Waals surface area contributed by atoms with Gasteiger partial charge in [-0.2, -0.15) is 0 Å². The van der Waals surface area contributed by atoms with E-state index in [1.165, 1.54) is 0 Å². The lowest BCUT2D eigenvalue weighted by molar-refractivity contribution is 0.754. The fourth-order valence-electron chi connectivity index (χ4n) is 1.68. The van der Waals surface area contributed by atoms with Crippen LogP contribution in [0.5, 0.6) is 0 Å². The van der Waals surface area contributed by atoms with Crippen LogP contribution < -0.4 is 10.9 Å². The number of nitrogens with zero attached hydrogens (tertiary/aromatic N) is 2. The Morgan fingerprint density at radius 1 is 1.44 bits per heavy atom. The zero-order valence-electron chi connectivity index (χ0n) is 10.1. The average molecular weight is 308 g/mol. The van der Waals surface area contributed by atoms with E-state index in [-0.39, 0.29) is 5.56 Å². The fourth-order valence-corrected chi connectivity index (χ4v) is 2.06. The summed E-state index contributed by atoms with van der Waals surface area (Å²) in [4.78, 5) is 16.1. The molecule has 0 radical (unpaired) electrons. The van der Waals surface area contributed by atoms with E-state index in [2.05, 4.69) is 26.2 Å². The molecular weight excluding hydrogens is 294 g/mol. The van der Waals surface area contributed by atoms with Crippen LogP contribution in [0, 0.1) is 0 Å². The SMILES string of the molecule is CCNc1cc(Cn2cccc(Br)c2=O)ccn1. The summed E-state index contributed by atoms with van der Waals surface area (Å²) in [5.41, 5.74) is 1.01. The molecular formula is C13H14BrN3O. The third kappa shape index (κ3) is 2.98. The van der Waals surface area contributed by atoms with Crippen molar-refractivity contribution in [3.63, 3.8) is 0 Å². The lowest BCUT2D eigenvalue weighted by Crippen LogP contribution is -2.20. The molecule has 0 saturated heterocycles. The second kappa shape index (κ2) is 5.82. The standard InChI is InChI=1S/C13H14BrN3O/c1-2-15-12-8-10(5-6-16-12)9-17-7-3-4-11(14)13(17)18/h3-8H,2,9H2,1H3,(H,15,16). The number of rotatable bonds is 4. The first-order valence-electron chi connectivity index (χ1n) is 5.74. The van der Waals surface area contributed by atoms with Crippen molar-refractivity contribution < 1.29 is 0 Å². The van der Waals surface area contributed by atoms with Crippen molar-refractivity contribution in [2.75, 3.05) is 11.9 Å². The number of aromatic nitrogens is 2. The smallest absolute Gasteiger partial charge is 0.265 e. The molecule has 0 spiro atoms. The third-order valence-electron chi connectivity index (χ3n) is 2.51. The highest BCUT2D eigenvalue weighted by Crippen LogP contribution is 2.08. The predicted octanol–water partition coefficient (Wildman–Crippen LogP) is 2.49. The van der Waals surface area contributed by atoms with Gasteiger partial charge in [-0.1, -0.05) is 0 Å². The number of hydrogen-bond donors (Lipinski definition) is 1. The minimum absolute atomic E-state index is 0.0284. The number of hydrogen-bond acceptors (Lipinski definition) is 3. The predicted molar refractivity (Wildman–Crippen MR) is 75.9 cm³/mol. The van der Waals surface area contributed by atoms with Crippen LogP contribution in [0.1, 0.15) is 12.5 Å². The fraction of sp³-hybridized carbons (Fsp3) is 0.231. The average Bonchev–Trinajstić information content (AvgIpc) is 2.36. The third-order valence-corrected chi connectivity index (χ3v) is 3.11. The Hall–Kier alpha value is -1.62. The summed E-state index contributed by atoms with van der Waals surface area (Å²) < 4.78 is 2.24. The van der Waals surface area contributed by atoms with Crippen molar-refractivity contribution in [2.45, 2.75) is 13.5 Å². The molecule has 0 aliphatic carbocycles. The normalized spacial score (nSPS) is 10.3. The number of halogens is 1. The highest BCUT2D eigenvalue weighted by atomic mass is 79.9. The molecule has 0 aliphatic heterocycles. The summed E-state index contributed by atoms with van der Waals surface area (Å²) in [7, 11) is 0. The maximum absolute atomic E-state index is 11.9. The largest absolute Gasteiger partial charge is 0.370 e. The van der Waals surface area contributed by atoms with Crippen molar-refractivity contribution in [3.05, 3.63) is 57.0 Å². The number of pyridine rings is 2. The molecule has 2 rings (SSSR count). The Kier molecular flexibility index (Phi) is 4.15. The van der Waals surface area contributed by atoms with Crippen LogP contribution in [0.25, 0.3) is 0 Å². The number of nitrogens with one attached hydrogen (secondary N) is 1. The highest BCUT2D eigenvalue weighted by Gasteiger charge is 2.02. The molecule has 0 saturated carbocycles. The Morgan fingerprint density at radius 2 is 2.28 bits per heavy atom. The van der Waals surface area contributed by atoms with Gasteiger partial charge in [0.1, 0.15) is 5.82 Å². The van der Waals surface area contributed by atoms with E-state index < -0.39 is 0 Å². The molecule has 5 heteroatoms. The molecule has 1 N–H and O–H groups in total. The summed E-state index contributed by atoms with van der Waals surface area (Å²) >= 11 is 3.24. The van der Waals surface area contributed by atoms with E-state index in [0.717, 1.165) is 17.9 Å². The first-order chi connectivity index (χ1) is 8.70. The Labute approximate surface area is 114 Å². The van der Waals surface area contributed by atoms with Gasteiger partial charge in [0.05, 0.1) is 11.0 Å². The summed E-state index contributed by atoms with van der Waals surface area (Å²) in [6.45, 7) is 3.39. The number of anilines is 1. The summed E-state index contributed by atoms with van der Waals surface area (Å²) in [6.07, 6.45) is 3.52. The Bertz CT molecular complexity index is 595. The first kappa shape index (κ1) is 12.8. The summed E-state index contributed by atoms with van der Waals surface area (Å²) in [5.74, 6) is 0.832. The van der Waals surface area contributed by atoms with Gasteiger partial charge in [-0.25, -0.2) is 4.98 Å².